The summed E-state index contributed by atoms with van der Waals surface area (Å²) >= 11 is 0. The first kappa shape index (κ1) is 19.7. The summed E-state index contributed by atoms with van der Waals surface area (Å²) in [6.45, 7) is 3.96. The molecule has 3 heteroatoms. The number of amides is 1. The predicted molar refractivity (Wildman–Crippen MR) is 121 cm³/mol. The first-order valence-electron chi connectivity index (χ1n) is 10.3. The van der Waals surface area contributed by atoms with Crippen molar-refractivity contribution in [2.75, 3.05) is 0 Å². The molecular formula is C27H26N2O. The van der Waals surface area contributed by atoms with Crippen molar-refractivity contribution < 1.29 is 4.79 Å². The molecule has 0 bridgehead atoms. The third kappa shape index (κ3) is 4.87. The summed E-state index contributed by atoms with van der Waals surface area (Å²) in [6, 6.07) is 32.5. The molecule has 1 heterocycles. The summed E-state index contributed by atoms with van der Waals surface area (Å²) in [7, 11) is 0. The molecule has 0 spiro atoms. The van der Waals surface area contributed by atoms with Gasteiger partial charge in [0.25, 0.3) is 5.91 Å². The first-order chi connectivity index (χ1) is 14.7. The van der Waals surface area contributed by atoms with Crippen molar-refractivity contribution in [3.63, 3.8) is 0 Å². The van der Waals surface area contributed by atoms with E-state index < -0.39 is 0 Å². The molecular weight excluding hydrogens is 368 g/mol. The van der Waals surface area contributed by atoms with E-state index in [9.17, 15) is 4.79 Å². The topological polar surface area (TPSA) is 25.2 Å². The summed E-state index contributed by atoms with van der Waals surface area (Å²) in [4.78, 5) is 15.3. The number of benzene rings is 3. The van der Waals surface area contributed by atoms with Crippen molar-refractivity contribution >= 4 is 5.91 Å². The Morgan fingerprint density at radius 3 is 2.03 bits per heavy atom. The highest BCUT2D eigenvalue weighted by molar-refractivity contribution is 5.94. The maximum Gasteiger partial charge on any atom is 0.254 e. The van der Waals surface area contributed by atoms with Gasteiger partial charge in [-0.15, -0.1) is 0 Å². The largest absolute Gasteiger partial charge is 0.345 e. The van der Waals surface area contributed by atoms with Crippen molar-refractivity contribution in [1.82, 2.24) is 9.47 Å². The summed E-state index contributed by atoms with van der Waals surface area (Å²) in [5.41, 5.74) is 5.36. The van der Waals surface area contributed by atoms with Gasteiger partial charge in [-0.25, -0.2) is 0 Å². The average Bonchev–Trinajstić information content (AvgIpc) is 3.21. The number of aromatic nitrogens is 1. The molecule has 0 aliphatic rings. The average molecular weight is 395 g/mol. The molecule has 4 rings (SSSR count). The first-order valence-corrected chi connectivity index (χ1v) is 10.3. The van der Waals surface area contributed by atoms with Crippen LogP contribution < -0.4 is 0 Å². The van der Waals surface area contributed by atoms with Crippen molar-refractivity contribution in [3.05, 3.63) is 131 Å². The highest BCUT2D eigenvalue weighted by atomic mass is 16.2. The third-order valence-electron chi connectivity index (χ3n) is 5.27. The fourth-order valence-corrected chi connectivity index (χ4v) is 3.60. The normalized spacial score (nSPS) is 10.7. The van der Waals surface area contributed by atoms with Crippen LogP contribution in [0, 0.1) is 6.92 Å². The van der Waals surface area contributed by atoms with Crippen LogP contribution in [0.25, 0.3) is 0 Å². The van der Waals surface area contributed by atoms with Crippen LogP contribution in [0.2, 0.25) is 0 Å². The molecule has 3 aromatic carbocycles. The number of nitrogens with zero attached hydrogens (tertiary/aromatic N) is 2. The standard InChI is InChI=1S/C27H26N2O/c1-22-14-16-25(17-15-22)27(30)29(20-24-11-6-3-7-12-24)21-26-13-8-18-28(26)19-23-9-4-2-5-10-23/h2-18H,19-21H2,1H3. The van der Waals surface area contributed by atoms with Gasteiger partial charge in [0.1, 0.15) is 0 Å². The van der Waals surface area contributed by atoms with Crippen molar-refractivity contribution in [1.29, 1.82) is 0 Å². The fraction of sp³-hybridized carbons (Fsp3) is 0.148. The van der Waals surface area contributed by atoms with Crippen molar-refractivity contribution in [3.8, 4) is 0 Å². The van der Waals surface area contributed by atoms with Gasteiger partial charge in [-0.05, 0) is 42.3 Å². The molecule has 0 saturated heterocycles. The van der Waals surface area contributed by atoms with Gasteiger partial charge in [0, 0.05) is 30.5 Å². The van der Waals surface area contributed by atoms with Gasteiger partial charge in [0.15, 0.2) is 0 Å². The van der Waals surface area contributed by atoms with Crippen LogP contribution in [0.5, 0.6) is 0 Å². The molecule has 0 aliphatic carbocycles. The molecule has 0 N–H and O–H groups in total. The van der Waals surface area contributed by atoms with E-state index in [4.69, 9.17) is 0 Å². The van der Waals surface area contributed by atoms with E-state index in [1.54, 1.807) is 0 Å². The quantitative estimate of drug-likeness (QED) is 0.395. The van der Waals surface area contributed by atoms with E-state index in [0.29, 0.717) is 13.1 Å². The van der Waals surface area contributed by atoms with E-state index >= 15 is 0 Å². The molecule has 0 radical (unpaired) electrons. The van der Waals surface area contributed by atoms with Crippen LogP contribution in [-0.4, -0.2) is 15.4 Å². The zero-order chi connectivity index (χ0) is 20.8. The lowest BCUT2D eigenvalue weighted by atomic mass is 10.1. The maximum absolute atomic E-state index is 13.4. The summed E-state index contributed by atoms with van der Waals surface area (Å²) in [6.07, 6.45) is 2.08. The number of hydrogen-bond donors (Lipinski definition) is 0. The van der Waals surface area contributed by atoms with Crippen LogP contribution in [-0.2, 0) is 19.6 Å². The van der Waals surface area contributed by atoms with Crippen LogP contribution in [0.15, 0.2) is 103 Å². The molecule has 0 fully saturated rings. The van der Waals surface area contributed by atoms with Crippen LogP contribution in [0.4, 0.5) is 0 Å². The Kier molecular flexibility index (Phi) is 6.09. The molecule has 1 amide bonds. The smallest absolute Gasteiger partial charge is 0.254 e. The fourth-order valence-electron chi connectivity index (χ4n) is 3.60. The van der Waals surface area contributed by atoms with E-state index in [2.05, 4.69) is 59.3 Å². The van der Waals surface area contributed by atoms with E-state index in [0.717, 1.165) is 28.9 Å². The Morgan fingerprint density at radius 2 is 1.37 bits per heavy atom. The number of rotatable bonds is 7. The summed E-state index contributed by atoms with van der Waals surface area (Å²) in [5, 5.41) is 0. The number of hydrogen-bond acceptors (Lipinski definition) is 1. The van der Waals surface area contributed by atoms with Crippen molar-refractivity contribution in [2.24, 2.45) is 0 Å². The molecule has 0 atom stereocenters. The summed E-state index contributed by atoms with van der Waals surface area (Å²) < 4.78 is 2.22. The lowest BCUT2D eigenvalue weighted by Crippen LogP contribution is -2.31. The van der Waals surface area contributed by atoms with Gasteiger partial charge < -0.3 is 9.47 Å². The maximum atomic E-state index is 13.4. The minimum atomic E-state index is 0.0475. The van der Waals surface area contributed by atoms with Gasteiger partial charge in [0.2, 0.25) is 0 Å². The number of carbonyl (C=O) groups excluding carboxylic acids is 1. The molecule has 0 saturated carbocycles. The Labute approximate surface area is 178 Å². The molecule has 4 aromatic rings. The minimum Gasteiger partial charge on any atom is -0.345 e. The Morgan fingerprint density at radius 1 is 0.733 bits per heavy atom. The summed E-state index contributed by atoms with van der Waals surface area (Å²) in [5.74, 6) is 0.0475. The second-order valence-electron chi connectivity index (χ2n) is 7.63. The molecule has 150 valence electrons. The van der Waals surface area contributed by atoms with E-state index in [-0.39, 0.29) is 5.91 Å². The third-order valence-corrected chi connectivity index (χ3v) is 5.27. The second-order valence-corrected chi connectivity index (χ2v) is 7.63. The van der Waals surface area contributed by atoms with Gasteiger partial charge in [-0.3, -0.25) is 4.79 Å². The lowest BCUT2D eigenvalue weighted by Gasteiger charge is -2.24. The Hall–Kier alpha value is -3.59. The monoisotopic (exact) mass is 394 g/mol. The molecule has 0 unspecified atom stereocenters. The minimum absolute atomic E-state index is 0.0475. The predicted octanol–water partition coefficient (Wildman–Crippen LogP) is 5.69. The van der Waals surface area contributed by atoms with Gasteiger partial charge in [-0.2, -0.15) is 0 Å². The van der Waals surface area contributed by atoms with E-state index in [1.807, 2.05) is 60.4 Å². The Bertz CT molecular complexity index is 1080. The van der Waals surface area contributed by atoms with Gasteiger partial charge in [0.05, 0.1) is 6.54 Å². The highest BCUT2D eigenvalue weighted by Gasteiger charge is 2.18. The molecule has 3 nitrogen and oxygen atoms in total. The van der Waals surface area contributed by atoms with Crippen LogP contribution in [0.3, 0.4) is 0 Å². The highest BCUT2D eigenvalue weighted by Crippen LogP contribution is 2.17. The van der Waals surface area contributed by atoms with Gasteiger partial charge >= 0.3 is 0 Å². The molecule has 1 aromatic heterocycles. The second kappa shape index (κ2) is 9.27. The zero-order valence-electron chi connectivity index (χ0n) is 17.2. The van der Waals surface area contributed by atoms with Gasteiger partial charge in [-0.1, -0.05) is 78.4 Å². The van der Waals surface area contributed by atoms with Crippen LogP contribution >= 0.6 is 0 Å². The Balaban J connectivity index is 1.59. The number of carbonyl (C=O) groups is 1. The van der Waals surface area contributed by atoms with E-state index in [1.165, 1.54) is 5.56 Å². The number of aryl methyl sites for hydroxylation is 1. The molecule has 30 heavy (non-hydrogen) atoms. The van der Waals surface area contributed by atoms with Crippen molar-refractivity contribution in [2.45, 2.75) is 26.6 Å². The lowest BCUT2D eigenvalue weighted by molar-refractivity contribution is 0.0726. The SMILES string of the molecule is Cc1ccc(C(=O)N(Cc2ccccc2)Cc2cccn2Cc2ccccc2)cc1. The van der Waals surface area contributed by atoms with Crippen LogP contribution in [0.1, 0.15) is 32.7 Å². The molecule has 0 aliphatic heterocycles. The zero-order valence-corrected chi connectivity index (χ0v) is 17.2.